The molecule has 1 aromatic heterocycles. The molecule has 92 valence electrons. The first-order valence-corrected chi connectivity index (χ1v) is 7.11. The summed E-state index contributed by atoms with van der Waals surface area (Å²) in [4.78, 5) is 9.40. The van der Waals surface area contributed by atoms with Crippen LogP contribution in [0.5, 0.6) is 0 Å². The molecule has 0 N–H and O–H groups in total. The average molecular weight is 230 g/mol. The molecule has 0 aliphatic heterocycles. The summed E-state index contributed by atoms with van der Waals surface area (Å²) in [6.07, 6.45) is 10.3. The van der Waals surface area contributed by atoms with Gasteiger partial charge in [0.1, 0.15) is 5.82 Å². The lowest BCUT2D eigenvalue weighted by molar-refractivity contribution is 0.269. The summed E-state index contributed by atoms with van der Waals surface area (Å²) in [5.41, 5.74) is 2.83. The molecule has 1 fully saturated rings. The molecule has 0 spiro atoms. The standard InChI is InChI=1S/C15H22N2/c1-10(2)15-16-9-12-8-7-11-5-3-4-6-13(11)14(12)17-15/h9-11,13H,3-8H2,1-2H3. The van der Waals surface area contributed by atoms with Crippen LogP contribution in [0.4, 0.5) is 0 Å². The molecule has 3 rings (SSSR count). The predicted octanol–water partition coefficient (Wildman–Crippen LogP) is 3.82. The summed E-state index contributed by atoms with van der Waals surface area (Å²) in [5.74, 6) is 3.14. The molecule has 0 aromatic carbocycles. The summed E-state index contributed by atoms with van der Waals surface area (Å²) in [6.45, 7) is 4.37. The van der Waals surface area contributed by atoms with Crippen LogP contribution in [0.1, 0.15) is 74.9 Å². The van der Waals surface area contributed by atoms with Gasteiger partial charge in [0.15, 0.2) is 0 Å². The van der Waals surface area contributed by atoms with E-state index in [0.717, 1.165) is 17.7 Å². The van der Waals surface area contributed by atoms with E-state index in [1.807, 2.05) is 0 Å². The molecule has 1 aromatic rings. The highest BCUT2D eigenvalue weighted by molar-refractivity contribution is 5.26. The molecule has 2 atom stereocenters. The van der Waals surface area contributed by atoms with Gasteiger partial charge in [-0.05, 0) is 37.2 Å². The Morgan fingerprint density at radius 3 is 2.82 bits per heavy atom. The highest BCUT2D eigenvalue weighted by Gasteiger charge is 2.33. The topological polar surface area (TPSA) is 25.8 Å². The molecule has 2 aliphatic carbocycles. The van der Waals surface area contributed by atoms with Crippen molar-refractivity contribution >= 4 is 0 Å². The first kappa shape index (κ1) is 11.2. The van der Waals surface area contributed by atoms with E-state index in [1.165, 1.54) is 49.8 Å². The van der Waals surface area contributed by atoms with Crippen molar-refractivity contribution in [1.82, 2.24) is 9.97 Å². The van der Waals surface area contributed by atoms with E-state index in [4.69, 9.17) is 4.98 Å². The molecule has 1 saturated carbocycles. The van der Waals surface area contributed by atoms with Gasteiger partial charge in [0.2, 0.25) is 0 Å². The third-order valence-corrected chi connectivity index (χ3v) is 4.48. The predicted molar refractivity (Wildman–Crippen MR) is 69.1 cm³/mol. The number of fused-ring (bicyclic) bond motifs is 3. The number of nitrogens with zero attached hydrogens (tertiary/aromatic N) is 2. The molecule has 2 unspecified atom stereocenters. The Balaban J connectivity index is 1.98. The molecule has 0 amide bonds. The van der Waals surface area contributed by atoms with Crippen LogP contribution < -0.4 is 0 Å². The van der Waals surface area contributed by atoms with Gasteiger partial charge < -0.3 is 0 Å². The van der Waals surface area contributed by atoms with Crippen molar-refractivity contribution < 1.29 is 0 Å². The van der Waals surface area contributed by atoms with Crippen LogP contribution in [0.3, 0.4) is 0 Å². The minimum absolute atomic E-state index is 0.448. The Labute approximate surface area is 104 Å². The zero-order valence-corrected chi connectivity index (χ0v) is 10.9. The van der Waals surface area contributed by atoms with Crippen molar-refractivity contribution in [2.75, 3.05) is 0 Å². The maximum atomic E-state index is 4.89. The number of rotatable bonds is 1. The van der Waals surface area contributed by atoms with Crippen molar-refractivity contribution in [3.05, 3.63) is 23.3 Å². The van der Waals surface area contributed by atoms with Gasteiger partial charge in [0, 0.05) is 18.0 Å². The highest BCUT2D eigenvalue weighted by Crippen LogP contribution is 2.44. The lowest BCUT2D eigenvalue weighted by atomic mass is 9.70. The van der Waals surface area contributed by atoms with E-state index in [9.17, 15) is 0 Å². The van der Waals surface area contributed by atoms with Crippen molar-refractivity contribution in [3.63, 3.8) is 0 Å². The van der Waals surface area contributed by atoms with Gasteiger partial charge in [-0.15, -0.1) is 0 Å². The Morgan fingerprint density at radius 1 is 1.18 bits per heavy atom. The van der Waals surface area contributed by atoms with Crippen LogP contribution in [0.2, 0.25) is 0 Å². The lowest BCUT2D eigenvalue weighted by Gasteiger charge is -2.36. The maximum absolute atomic E-state index is 4.89. The fraction of sp³-hybridized carbons (Fsp3) is 0.733. The molecule has 2 heteroatoms. The summed E-state index contributed by atoms with van der Waals surface area (Å²) < 4.78 is 0. The minimum Gasteiger partial charge on any atom is -0.241 e. The van der Waals surface area contributed by atoms with Crippen LogP contribution >= 0.6 is 0 Å². The van der Waals surface area contributed by atoms with E-state index in [2.05, 4.69) is 25.0 Å². The smallest absolute Gasteiger partial charge is 0.131 e. The quantitative estimate of drug-likeness (QED) is 0.733. The third-order valence-electron chi connectivity index (χ3n) is 4.48. The molecule has 0 saturated heterocycles. The number of aromatic nitrogens is 2. The average Bonchev–Trinajstić information content (AvgIpc) is 2.38. The van der Waals surface area contributed by atoms with Crippen LogP contribution in [-0.4, -0.2) is 9.97 Å². The summed E-state index contributed by atoms with van der Waals surface area (Å²) in [5, 5.41) is 0. The van der Waals surface area contributed by atoms with Gasteiger partial charge >= 0.3 is 0 Å². The second kappa shape index (κ2) is 4.40. The highest BCUT2D eigenvalue weighted by atomic mass is 14.9. The maximum Gasteiger partial charge on any atom is 0.131 e. The van der Waals surface area contributed by atoms with Crippen LogP contribution in [0.15, 0.2) is 6.20 Å². The van der Waals surface area contributed by atoms with Crippen molar-refractivity contribution in [2.24, 2.45) is 5.92 Å². The number of hydrogen-bond acceptors (Lipinski definition) is 2. The summed E-state index contributed by atoms with van der Waals surface area (Å²) >= 11 is 0. The van der Waals surface area contributed by atoms with Crippen molar-refractivity contribution in [1.29, 1.82) is 0 Å². The van der Waals surface area contributed by atoms with Crippen LogP contribution in [-0.2, 0) is 6.42 Å². The molecule has 0 bridgehead atoms. The molecule has 2 nitrogen and oxygen atoms in total. The van der Waals surface area contributed by atoms with Gasteiger partial charge in [-0.1, -0.05) is 26.7 Å². The molecule has 1 heterocycles. The SMILES string of the molecule is CC(C)c1ncc2c(n1)C1CCCCC1CC2. The Hall–Kier alpha value is -0.920. The lowest BCUT2D eigenvalue weighted by Crippen LogP contribution is -2.26. The van der Waals surface area contributed by atoms with Gasteiger partial charge in [0.25, 0.3) is 0 Å². The fourth-order valence-electron chi connectivity index (χ4n) is 3.48. The zero-order valence-electron chi connectivity index (χ0n) is 10.9. The molecule has 17 heavy (non-hydrogen) atoms. The monoisotopic (exact) mass is 230 g/mol. The van der Waals surface area contributed by atoms with E-state index < -0.39 is 0 Å². The number of hydrogen-bond donors (Lipinski definition) is 0. The minimum atomic E-state index is 0.448. The van der Waals surface area contributed by atoms with E-state index in [1.54, 1.807) is 0 Å². The first-order chi connectivity index (χ1) is 8.25. The second-order valence-electron chi connectivity index (χ2n) is 5.98. The molecule has 0 radical (unpaired) electrons. The summed E-state index contributed by atoms with van der Waals surface area (Å²) in [7, 11) is 0. The van der Waals surface area contributed by atoms with Crippen LogP contribution in [0.25, 0.3) is 0 Å². The number of aryl methyl sites for hydroxylation is 1. The van der Waals surface area contributed by atoms with Crippen LogP contribution in [0, 0.1) is 5.92 Å². The van der Waals surface area contributed by atoms with E-state index >= 15 is 0 Å². The van der Waals surface area contributed by atoms with Crippen molar-refractivity contribution in [3.8, 4) is 0 Å². The molecule has 2 aliphatic rings. The normalized spacial score (nSPS) is 27.7. The Morgan fingerprint density at radius 2 is 2.00 bits per heavy atom. The largest absolute Gasteiger partial charge is 0.241 e. The zero-order chi connectivity index (χ0) is 11.8. The van der Waals surface area contributed by atoms with E-state index in [-0.39, 0.29) is 0 Å². The van der Waals surface area contributed by atoms with Gasteiger partial charge in [0.05, 0.1) is 5.69 Å². The Kier molecular flexibility index (Phi) is 2.89. The fourth-order valence-corrected chi connectivity index (χ4v) is 3.48. The first-order valence-electron chi connectivity index (χ1n) is 7.11. The van der Waals surface area contributed by atoms with E-state index in [0.29, 0.717) is 5.92 Å². The van der Waals surface area contributed by atoms with Crippen molar-refractivity contribution in [2.45, 2.75) is 64.2 Å². The Bertz CT molecular complexity index is 411. The van der Waals surface area contributed by atoms with Gasteiger partial charge in [-0.3, -0.25) is 0 Å². The second-order valence-corrected chi connectivity index (χ2v) is 5.98. The molecular formula is C15H22N2. The molecular weight excluding hydrogens is 208 g/mol. The van der Waals surface area contributed by atoms with Gasteiger partial charge in [-0.2, -0.15) is 0 Å². The third kappa shape index (κ3) is 1.98. The summed E-state index contributed by atoms with van der Waals surface area (Å²) in [6, 6.07) is 0. The van der Waals surface area contributed by atoms with Gasteiger partial charge in [-0.25, -0.2) is 9.97 Å².